The summed E-state index contributed by atoms with van der Waals surface area (Å²) < 4.78 is 55.7. The Morgan fingerprint density at radius 3 is 1.76 bits per heavy atom. The van der Waals surface area contributed by atoms with E-state index in [4.69, 9.17) is 11.8 Å². The fourth-order valence-corrected chi connectivity index (χ4v) is 2.17. The molecule has 0 unspecified atom stereocenters. The second kappa shape index (κ2) is 6.86. The van der Waals surface area contributed by atoms with Crippen molar-refractivity contribution in [3.05, 3.63) is 80.5 Å². The van der Waals surface area contributed by atoms with E-state index in [9.17, 15) is 22.8 Å². The normalized spacial score (nSPS) is 9.68. The van der Waals surface area contributed by atoms with Gasteiger partial charge in [-0.1, -0.05) is 24.3 Å². The van der Waals surface area contributed by atoms with Gasteiger partial charge in [-0.2, -0.15) is 5.26 Å². The number of rotatable bonds is 1. The predicted molar refractivity (Wildman–Crippen MR) is 80.4 cm³/mol. The molecule has 0 bridgehead atoms. The molecule has 0 aliphatic carbocycles. The van der Waals surface area contributed by atoms with Crippen molar-refractivity contribution in [2.24, 2.45) is 0 Å². The lowest BCUT2D eigenvalue weighted by atomic mass is 10.00. The number of nitrogens with zero attached hydrogens (tertiary/aromatic N) is 3. The van der Waals surface area contributed by atoms with Crippen LogP contribution in [-0.4, -0.2) is 0 Å². The third-order valence-corrected chi connectivity index (χ3v) is 3.51. The van der Waals surface area contributed by atoms with Crippen molar-refractivity contribution in [2.45, 2.75) is 6.92 Å². The molecule has 0 saturated carbocycles. The van der Waals surface area contributed by atoms with Crippen LogP contribution < -0.4 is 10.4 Å². The Balaban J connectivity index is 2.91. The lowest BCUT2D eigenvalue weighted by molar-refractivity contribution is 0.442. The van der Waals surface area contributed by atoms with Crippen molar-refractivity contribution in [2.75, 3.05) is 0 Å². The molecule has 0 aliphatic heterocycles. The Labute approximate surface area is 139 Å². The van der Waals surface area contributed by atoms with Crippen molar-refractivity contribution in [1.29, 1.82) is 10.5 Å². The van der Waals surface area contributed by atoms with E-state index in [1.54, 1.807) is 6.07 Å². The van der Waals surface area contributed by atoms with Crippen molar-refractivity contribution in [3.63, 3.8) is 0 Å². The highest BCUT2D eigenvalue weighted by molar-refractivity contribution is 5.77. The van der Waals surface area contributed by atoms with Gasteiger partial charge in [-0.05, 0) is 17.4 Å². The van der Waals surface area contributed by atoms with Gasteiger partial charge in [0.25, 0.3) is 5.70 Å². The highest BCUT2D eigenvalue weighted by atomic mass is 19.2. The van der Waals surface area contributed by atoms with E-state index < -0.39 is 40.0 Å². The van der Waals surface area contributed by atoms with Crippen LogP contribution in [0.3, 0.4) is 0 Å². The molecule has 25 heavy (non-hydrogen) atoms. The summed E-state index contributed by atoms with van der Waals surface area (Å²) in [5.41, 5.74) is -2.75. The first kappa shape index (κ1) is 17.7. The van der Waals surface area contributed by atoms with Crippen LogP contribution in [0.5, 0.6) is 0 Å². The summed E-state index contributed by atoms with van der Waals surface area (Å²) in [7, 11) is 0. The van der Waals surface area contributed by atoms with Gasteiger partial charge in [0.05, 0.1) is 23.8 Å². The van der Waals surface area contributed by atoms with Crippen LogP contribution in [-0.2, 0) is 0 Å². The highest BCUT2D eigenvalue weighted by Gasteiger charge is 2.25. The lowest BCUT2D eigenvalue weighted by Gasteiger charge is -2.09. The molecule has 0 fully saturated rings. The minimum Gasteiger partial charge on any atom is -0.226 e. The zero-order valence-electron chi connectivity index (χ0n) is 12.7. The smallest absolute Gasteiger partial charge is 0.226 e. The molecular weight excluding hydrogens is 334 g/mol. The largest absolute Gasteiger partial charge is 0.268 e. The number of hydrogen-bond donors (Lipinski definition) is 0. The number of benzene rings is 2. The van der Waals surface area contributed by atoms with E-state index in [0.717, 1.165) is 6.92 Å². The summed E-state index contributed by atoms with van der Waals surface area (Å²) in [6.07, 6.45) is 0. The molecule has 0 heterocycles. The summed E-state index contributed by atoms with van der Waals surface area (Å²) in [6, 6.07) is 8.25. The summed E-state index contributed by atoms with van der Waals surface area (Å²) in [4.78, 5) is 3.01. The van der Waals surface area contributed by atoms with Gasteiger partial charge in [0.2, 0.25) is 0 Å². The van der Waals surface area contributed by atoms with Gasteiger partial charge >= 0.3 is 0 Å². The molecule has 0 spiro atoms. The molecule has 0 amide bonds. The maximum atomic E-state index is 14.1. The van der Waals surface area contributed by atoms with Crippen LogP contribution >= 0.6 is 0 Å². The summed E-state index contributed by atoms with van der Waals surface area (Å²) in [5.74, 6) is -6.48. The Morgan fingerprint density at radius 1 is 0.880 bits per heavy atom. The molecule has 2 aromatic rings. The van der Waals surface area contributed by atoms with Crippen LogP contribution in [0.15, 0.2) is 24.3 Å². The van der Waals surface area contributed by atoms with Crippen LogP contribution in [0.25, 0.3) is 16.1 Å². The second-order valence-electron chi connectivity index (χ2n) is 4.89. The van der Waals surface area contributed by atoms with Gasteiger partial charge in [0.1, 0.15) is 6.07 Å². The maximum absolute atomic E-state index is 14.1. The molecule has 0 radical (unpaired) electrons. The summed E-state index contributed by atoms with van der Waals surface area (Å²) in [6.45, 7) is 7.74. The molecule has 0 atom stereocenters. The quantitative estimate of drug-likeness (QED) is 0.455. The summed E-state index contributed by atoms with van der Waals surface area (Å²) in [5, 5.41) is 18.3. The molecule has 7 heteroatoms. The van der Waals surface area contributed by atoms with E-state index in [-0.39, 0.29) is 16.1 Å². The first-order chi connectivity index (χ1) is 11.9. The van der Waals surface area contributed by atoms with Crippen LogP contribution in [0.4, 0.5) is 17.6 Å². The molecular formula is C18H7F4N3. The average Bonchev–Trinajstić information content (AvgIpc) is 2.63. The average molecular weight is 341 g/mol. The van der Waals surface area contributed by atoms with Crippen molar-refractivity contribution in [1.82, 2.24) is 0 Å². The Morgan fingerprint density at radius 2 is 1.36 bits per heavy atom. The van der Waals surface area contributed by atoms with Gasteiger partial charge in [-0.25, -0.2) is 27.7 Å². The van der Waals surface area contributed by atoms with Gasteiger partial charge in [-0.15, -0.1) is 0 Å². The van der Waals surface area contributed by atoms with E-state index >= 15 is 0 Å². The van der Waals surface area contributed by atoms with Crippen LogP contribution in [0.2, 0.25) is 0 Å². The van der Waals surface area contributed by atoms with Gasteiger partial charge in [-0.3, -0.25) is 0 Å². The Bertz CT molecular complexity index is 1060. The fourth-order valence-electron chi connectivity index (χ4n) is 2.17. The molecule has 3 nitrogen and oxygen atoms in total. The Kier molecular flexibility index (Phi) is 4.86. The zero-order valence-corrected chi connectivity index (χ0v) is 12.7. The first-order valence-electron chi connectivity index (χ1n) is 6.72. The highest BCUT2D eigenvalue weighted by Crippen LogP contribution is 2.27. The van der Waals surface area contributed by atoms with E-state index in [0.29, 0.717) is 0 Å². The van der Waals surface area contributed by atoms with Gasteiger partial charge < -0.3 is 0 Å². The monoisotopic (exact) mass is 341 g/mol. The first-order valence-corrected chi connectivity index (χ1v) is 6.72. The third-order valence-electron chi connectivity index (χ3n) is 3.51. The minimum absolute atomic E-state index is 0.0195. The van der Waals surface area contributed by atoms with Gasteiger partial charge in [0.15, 0.2) is 23.3 Å². The van der Waals surface area contributed by atoms with Crippen LogP contribution in [0, 0.1) is 59.4 Å². The number of halogens is 4. The van der Waals surface area contributed by atoms with Crippen molar-refractivity contribution < 1.29 is 17.6 Å². The predicted octanol–water partition coefficient (Wildman–Crippen LogP) is 2.83. The fraction of sp³-hybridized carbons (Fsp3) is 0.0556. The molecule has 0 aromatic heterocycles. The SMILES string of the molecule is [C-]#[N+]C(C#N)=c1ccc(=C(C#N)c2c(F)c(F)c(C)c(F)c2F)cc1. The van der Waals surface area contributed by atoms with Crippen molar-refractivity contribution >= 4 is 11.3 Å². The van der Waals surface area contributed by atoms with E-state index in [1.807, 2.05) is 0 Å². The molecule has 0 saturated heterocycles. The maximum Gasteiger partial charge on any atom is 0.268 e. The third kappa shape index (κ3) is 2.94. The van der Waals surface area contributed by atoms with E-state index in [1.165, 1.54) is 30.3 Å². The molecule has 122 valence electrons. The molecule has 0 N–H and O–H groups in total. The number of nitriles is 2. The second-order valence-corrected chi connectivity index (χ2v) is 4.89. The molecule has 2 rings (SSSR count). The lowest BCUT2D eigenvalue weighted by Crippen LogP contribution is -2.15. The zero-order chi connectivity index (χ0) is 18.7. The van der Waals surface area contributed by atoms with Gasteiger partial charge in [0, 0.05) is 5.56 Å². The van der Waals surface area contributed by atoms with Crippen molar-refractivity contribution in [3.8, 4) is 12.1 Å². The summed E-state index contributed by atoms with van der Waals surface area (Å²) >= 11 is 0. The topological polar surface area (TPSA) is 51.9 Å². The van der Waals surface area contributed by atoms with Crippen LogP contribution in [0.1, 0.15) is 11.1 Å². The number of hydrogen-bond acceptors (Lipinski definition) is 2. The minimum atomic E-state index is -1.66. The van der Waals surface area contributed by atoms with E-state index in [2.05, 4.69) is 4.85 Å². The standard InChI is InChI=1S/C18H7F4N3/c1-9-15(19)17(21)14(18(22)16(9)20)12(7-23)10-3-5-11(6-4-10)13(8-24)25-2/h3-6H,1H3. The molecule has 2 aromatic carbocycles. The molecule has 0 aliphatic rings. The Hall–Kier alpha value is -3.63.